The Kier molecular flexibility index (Phi) is 4.79. The van der Waals surface area contributed by atoms with E-state index in [1.807, 2.05) is 0 Å². The van der Waals surface area contributed by atoms with E-state index in [0.29, 0.717) is 5.56 Å². The molecule has 9 nitrogen and oxygen atoms in total. The van der Waals surface area contributed by atoms with Crippen molar-refractivity contribution < 1.29 is 24.2 Å². The van der Waals surface area contributed by atoms with E-state index in [4.69, 9.17) is 17.0 Å². The Morgan fingerprint density at radius 2 is 2.00 bits per heavy atom. The van der Waals surface area contributed by atoms with Gasteiger partial charge < -0.3 is 20.5 Å². The number of phenolic OH excluding ortho intramolecular Hbond substituents is 1. The van der Waals surface area contributed by atoms with Gasteiger partial charge in [0.1, 0.15) is 5.37 Å². The van der Waals surface area contributed by atoms with Gasteiger partial charge in [0.2, 0.25) is 5.91 Å². The molecular weight excluding hydrogens is 368 g/mol. The van der Waals surface area contributed by atoms with Crippen molar-refractivity contribution in [3.05, 3.63) is 23.8 Å². The number of hydrogen-bond donors (Lipinski definition) is 4. The van der Waals surface area contributed by atoms with Crippen LogP contribution in [0.15, 0.2) is 18.2 Å². The van der Waals surface area contributed by atoms with Gasteiger partial charge in [0.15, 0.2) is 22.7 Å². The van der Waals surface area contributed by atoms with Crippen molar-refractivity contribution in [2.45, 2.75) is 11.4 Å². The number of rotatable bonds is 4. The summed E-state index contributed by atoms with van der Waals surface area (Å²) in [6, 6.07) is 3.40. The number of amides is 3. The van der Waals surface area contributed by atoms with E-state index in [1.165, 1.54) is 29.9 Å². The van der Waals surface area contributed by atoms with Crippen LogP contribution >= 0.6 is 24.0 Å². The fraction of sp³-hybridized carbons (Fsp3) is 0.286. The number of thioether (sulfide) groups is 1. The fourth-order valence-electron chi connectivity index (χ4n) is 2.43. The second kappa shape index (κ2) is 6.86. The predicted molar refractivity (Wildman–Crippen MR) is 92.5 cm³/mol. The highest BCUT2D eigenvalue weighted by Crippen LogP contribution is 2.40. The molecule has 3 amide bonds. The Balaban J connectivity index is 1.84. The van der Waals surface area contributed by atoms with Gasteiger partial charge in [-0.2, -0.15) is 0 Å². The quantitative estimate of drug-likeness (QED) is 0.402. The lowest BCUT2D eigenvalue weighted by atomic mass is 10.2. The average molecular weight is 382 g/mol. The second-order valence-corrected chi connectivity index (χ2v) is 6.70. The molecule has 0 saturated carbocycles. The van der Waals surface area contributed by atoms with E-state index in [9.17, 15) is 19.5 Å². The summed E-state index contributed by atoms with van der Waals surface area (Å²) < 4.78 is 5.08. The second-order valence-electron chi connectivity index (χ2n) is 5.23. The van der Waals surface area contributed by atoms with Gasteiger partial charge in [-0.05, 0) is 29.9 Å². The Bertz CT molecular complexity index is 752. The zero-order chi connectivity index (χ0) is 18.1. The summed E-state index contributed by atoms with van der Waals surface area (Å²) in [7, 11) is 1.42. The normalized spacial score (nSPS) is 21.3. The van der Waals surface area contributed by atoms with Crippen molar-refractivity contribution in [2.75, 3.05) is 12.9 Å². The molecule has 1 aromatic carbocycles. The molecule has 1 atom stereocenters. The van der Waals surface area contributed by atoms with E-state index in [1.54, 1.807) is 12.1 Å². The third-order valence-electron chi connectivity index (χ3n) is 3.62. The van der Waals surface area contributed by atoms with Gasteiger partial charge in [0, 0.05) is 0 Å². The van der Waals surface area contributed by atoms with Crippen molar-refractivity contribution >= 4 is 46.8 Å². The fourth-order valence-corrected chi connectivity index (χ4v) is 3.74. The van der Waals surface area contributed by atoms with Crippen molar-refractivity contribution in [3.63, 3.8) is 0 Å². The topological polar surface area (TPSA) is 120 Å². The third-order valence-corrected chi connectivity index (χ3v) is 5.04. The molecule has 1 aromatic rings. The van der Waals surface area contributed by atoms with Crippen LogP contribution in [-0.4, -0.2) is 51.9 Å². The van der Waals surface area contributed by atoms with Gasteiger partial charge in [0.25, 0.3) is 11.8 Å². The number of benzene rings is 1. The van der Waals surface area contributed by atoms with E-state index >= 15 is 0 Å². The number of hydrogen-bond acceptors (Lipinski definition) is 8. The number of nitrogens with one attached hydrogen (secondary N) is 3. The van der Waals surface area contributed by atoms with E-state index in [2.05, 4.69) is 16.1 Å². The van der Waals surface area contributed by atoms with Crippen LogP contribution in [0.2, 0.25) is 0 Å². The smallest absolute Gasteiger partial charge is 0.254 e. The molecule has 0 radical (unpaired) electrons. The molecule has 0 bridgehead atoms. The van der Waals surface area contributed by atoms with E-state index in [0.717, 1.165) is 0 Å². The average Bonchev–Trinajstić information content (AvgIpc) is 2.92. The minimum atomic E-state index is -1.28. The molecule has 132 valence electrons. The highest BCUT2D eigenvalue weighted by Gasteiger charge is 2.40. The maximum atomic E-state index is 12.2. The highest BCUT2D eigenvalue weighted by atomic mass is 32.2. The van der Waals surface area contributed by atoms with Crippen LogP contribution < -0.4 is 20.8 Å². The zero-order valence-corrected chi connectivity index (χ0v) is 14.6. The molecule has 3 rings (SSSR count). The standard InChI is InChI=1S/C14H14N4O5S2/c1-23-8-4-6(2-3-7(8)19)13-18(9(20)5-25-13)17-10-11(21)15-14(24)16-12(10)22/h2-4,10,13,17,19H,5H2,1H3,(H2,15,16,21,22,24). The molecule has 0 spiro atoms. The van der Waals surface area contributed by atoms with Crippen molar-refractivity contribution in [2.24, 2.45) is 0 Å². The monoisotopic (exact) mass is 382 g/mol. The Hall–Kier alpha value is -2.37. The number of thiocarbonyl (C=S) groups is 1. The predicted octanol–water partition coefficient (Wildman–Crippen LogP) is -0.621. The lowest BCUT2D eigenvalue weighted by Gasteiger charge is -2.30. The van der Waals surface area contributed by atoms with Gasteiger partial charge in [-0.1, -0.05) is 6.07 Å². The van der Waals surface area contributed by atoms with Crippen LogP contribution in [0, 0.1) is 0 Å². The first-order chi connectivity index (χ1) is 11.9. The molecule has 4 N–H and O–H groups in total. The van der Waals surface area contributed by atoms with E-state index < -0.39 is 23.2 Å². The number of ether oxygens (including phenoxy) is 1. The van der Waals surface area contributed by atoms with Gasteiger partial charge in [-0.3, -0.25) is 19.4 Å². The van der Waals surface area contributed by atoms with Crippen LogP contribution in [-0.2, 0) is 14.4 Å². The summed E-state index contributed by atoms with van der Waals surface area (Å²) in [6.07, 6.45) is 0. The molecule has 2 heterocycles. The van der Waals surface area contributed by atoms with Crippen LogP contribution in [0.1, 0.15) is 10.9 Å². The van der Waals surface area contributed by atoms with E-state index in [-0.39, 0.29) is 28.3 Å². The molecule has 0 aromatic heterocycles. The number of aromatic hydroxyl groups is 1. The minimum absolute atomic E-state index is 0.0281. The van der Waals surface area contributed by atoms with Crippen molar-refractivity contribution in [3.8, 4) is 11.5 Å². The third kappa shape index (κ3) is 3.38. The van der Waals surface area contributed by atoms with Gasteiger partial charge in [-0.15, -0.1) is 11.8 Å². The molecule has 11 heteroatoms. The summed E-state index contributed by atoms with van der Waals surface area (Å²) >= 11 is 6.06. The molecule has 25 heavy (non-hydrogen) atoms. The summed E-state index contributed by atoms with van der Waals surface area (Å²) in [4.78, 5) is 36.2. The van der Waals surface area contributed by atoms with Crippen molar-refractivity contribution in [1.29, 1.82) is 0 Å². The zero-order valence-electron chi connectivity index (χ0n) is 12.9. The van der Waals surface area contributed by atoms with Gasteiger partial charge in [-0.25, -0.2) is 5.43 Å². The molecule has 2 aliphatic heterocycles. The van der Waals surface area contributed by atoms with Gasteiger partial charge in [0.05, 0.1) is 12.9 Å². The number of nitrogens with zero attached hydrogens (tertiary/aromatic N) is 1. The number of carbonyl (C=O) groups is 3. The summed E-state index contributed by atoms with van der Waals surface area (Å²) in [6.45, 7) is 0. The van der Waals surface area contributed by atoms with Crippen LogP contribution in [0.3, 0.4) is 0 Å². The lowest BCUT2D eigenvalue weighted by molar-refractivity contribution is -0.139. The maximum absolute atomic E-state index is 12.2. The van der Waals surface area contributed by atoms with Crippen molar-refractivity contribution in [1.82, 2.24) is 21.1 Å². The molecule has 2 fully saturated rings. The Morgan fingerprint density at radius 1 is 1.32 bits per heavy atom. The highest BCUT2D eigenvalue weighted by molar-refractivity contribution is 8.00. The first-order valence-electron chi connectivity index (χ1n) is 7.13. The minimum Gasteiger partial charge on any atom is -0.504 e. The van der Waals surface area contributed by atoms with Crippen LogP contribution in [0.5, 0.6) is 11.5 Å². The maximum Gasteiger partial charge on any atom is 0.254 e. The first kappa shape index (κ1) is 17.5. The van der Waals surface area contributed by atoms with Gasteiger partial charge >= 0.3 is 0 Å². The Morgan fingerprint density at radius 3 is 2.64 bits per heavy atom. The molecule has 2 aliphatic rings. The number of hydrazine groups is 1. The summed E-state index contributed by atoms with van der Waals surface area (Å²) in [5, 5.41) is 15.0. The SMILES string of the molecule is COc1cc(C2SCC(=O)N2NC2C(=O)NC(=S)NC2=O)ccc1O. The molecule has 0 aliphatic carbocycles. The molecular formula is C14H14N4O5S2. The Labute approximate surface area is 152 Å². The molecule has 2 saturated heterocycles. The number of carbonyl (C=O) groups excluding carboxylic acids is 3. The summed E-state index contributed by atoms with van der Waals surface area (Å²) in [5.74, 6) is -1.15. The molecule has 1 unspecified atom stereocenters. The first-order valence-corrected chi connectivity index (χ1v) is 8.59. The van der Waals surface area contributed by atoms with Crippen LogP contribution in [0.4, 0.5) is 0 Å². The largest absolute Gasteiger partial charge is 0.504 e. The summed E-state index contributed by atoms with van der Waals surface area (Å²) in [5.41, 5.74) is 3.34. The van der Waals surface area contributed by atoms with Crippen LogP contribution in [0.25, 0.3) is 0 Å². The number of methoxy groups -OCH3 is 1. The lowest BCUT2D eigenvalue weighted by Crippen LogP contribution is -2.66. The number of phenols is 1.